The van der Waals surface area contributed by atoms with Gasteiger partial charge in [-0.2, -0.15) is 5.10 Å². The predicted molar refractivity (Wildman–Crippen MR) is 73.2 cm³/mol. The zero-order chi connectivity index (χ0) is 13.8. The second kappa shape index (κ2) is 5.89. The maximum Gasteiger partial charge on any atom is 0.307 e. The molecule has 1 N–H and O–H groups in total. The van der Waals surface area contributed by atoms with Gasteiger partial charge >= 0.3 is 5.97 Å². The highest BCUT2D eigenvalue weighted by atomic mass is 35.5. The maximum atomic E-state index is 11.3. The first-order valence-corrected chi connectivity index (χ1v) is 6.39. The Morgan fingerprint density at radius 3 is 2.68 bits per heavy atom. The number of hydrogen-bond acceptors (Lipinski definition) is 2. The molecule has 5 heteroatoms. The molecule has 19 heavy (non-hydrogen) atoms. The van der Waals surface area contributed by atoms with E-state index < -0.39 is 11.9 Å². The number of aliphatic carboxylic acids is 1. The number of benzene rings is 1. The van der Waals surface area contributed by atoms with Crippen LogP contribution in [0.15, 0.2) is 36.5 Å². The molecule has 0 aliphatic rings. The smallest absolute Gasteiger partial charge is 0.307 e. The number of carbonyl (C=O) groups is 1. The third kappa shape index (κ3) is 3.58. The molecule has 100 valence electrons. The minimum atomic E-state index is -0.828. The Bertz CT molecular complexity index is 580. The van der Waals surface area contributed by atoms with Crippen LogP contribution < -0.4 is 0 Å². The quantitative estimate of drug-likeness (QED) is 0.914. The van der Waals surface area contributed by atoms with Gasteiger partial charge in [0.15, 0.2) is 0 Å². The highest BCUT2D eigenvalue weighted by Gasteiger charge is 2.20. The Kier molecular flexibility index (Phi) is 4.22. The van der Waals surface area contributed by atoms with E-state index in [1.165, 1.54) is 0 Å². The molecule has 0 saturated carbocycles. The van der Waals surface area contributed by atoms with Gasteiger partial charge in [-0.15, -0.1) is 0 Å². The lowest BCUT2D eigenvalue weighted by Crippen LogP contribution is -2.19. The summed E-state index contributed by atoms with van der Waals surface area (Å²) in [7, 11) is 1.81. The first-order valence-electron chi connectivity index (χ1n) is 6.01. The van der Waals surface area contributed by atoms with Gasteiger partial charge in [0.25, 0.3) is 0 Å². The van der Waals surface area contributed by atoms with E-state index in [-0.39, 0.29) is 0 Å². The lowest BCUT2D eigenvalue weighted by atomic mass is 9.95. The number of halogens is 1. The molecule has 0 spiro atoms. The zero-order valence-corrected chi connectivity index (χ0v) is 11.3. The summed E-state index contributed by atoms with van der Waals surface area (Å²) in [6.45, 7) is 0. The summed E-state index contributed by atoms with van der Waals surface area (Å²) in [4.78, 5) is 11.3. The van der Waals surface area contributed by atoms with E-state index in [4.69, 9.17) is 11.6 Å². The van der Waals surface area contributed by atoms with E-state index >= 15 is 0 Å². The monoisotopic (exact) mass is 278 g/mol. The van der Waals surface area contributed by atoms with Crippen LogP contribution in [0.4, 0.5) is 0 Å². The van der Waals surface area contributed by atoms with Crippen molar-refractivity contribution in [3.8, 4) is 0 Å². The SMILES string of the molecule is Cn1ccc(CC(Cc2ccccc2Cl)C(=O)O)n1. The van der Waals surface area contributed by atoms with Crippen LogP contribution in [-0.4, -0.2) is 20.9 Å². The third-order valence-electron chi connectivity index (χ3n) is 3.00. The van der Waals surface area contributed by atoms with Crippen LogP contribution in [0.25, 0.3) is 0 Å². The molecule has 4 nitrogen and oxygen atoms in total. The first kappa shape index (κ1) is 13.6. The van der Waals surface area contributed by atoms with Crippen molar-refractivity contribution in [1.82, 2.24) is 9.78 Å². The molecular formula is C14H15ClN2O2. The molecule has 2 rings (SSSR count). The van der Waals surface area contributed by atoms with E-state index in [9.17, 15) is 9.90 Å². The summed E-state index contributed by atoms with van der Waals surface area (Å²) in [5.41, 5.74) is 1.63. The summed E-state index contributed by atoms with van der Waals surface area (Å²) in [6, 6.07) is 9.16. The van der Waals surface area contributed by atoms with Crippen LogP contribution in [0.5, 0.6) is 0 Å². The van der Waals surface area contributed by atoms with Crippen molar-refractivity contribution in [2.45, 2.75) is 12.8 Å². The average Bonchev–Trinajstić information content (AvgIpc) is 2.76. The van der Waals surface area contributed by atoms with Crippen LogP contribution in [-0.2, 0) is 24.7 Å². The van der Waals surface area contributed by atoms with E-state index in [1.54, 1.807) is 10.7 Å². The normalized spacial score (nSPS) is 12.3. The van der Waals surface area contributed by atoms with Crippen molar-refractivity contribution in [2.24, 2.45) is 13.0 Å². The van der Waals surface area contributed by atoms with Crippen LogP contribution in [0, 0.1) is 5.92 Å². The highest BCUT2D eigenvalue weighted by molar-refractivity contribution is 6.31. The molecule has 0 amide bonds. The summed E-state index contributed by atoms with van der Waals surface area (Å²) in [5, 5.41) is 14.1. The fourth-order valence-corrected chi connectivity index (χ4v) is 2.21. The van der Waals surface area contributed by atoms with Crippen molar-refractivity contribution in [3.05, 3.63) is 52.8 Å². The molecule has 1 atom stereocenters. The number of hydrogen-bond donors (Lipinski definition) is 1. The summed E-state index contributed by atoms with van der Waals surface area (Å²) in [6.07, 6.45) is 2.62. The second-order valence-corrected chi connectivity index (χ2v) is 4.92. The number of carboxylic acids is 1. The average molecular weight is 279 g/mol. The Balaban J connectivity index is 2.13. The lowest BCUT2D eigenvalue weighted by Gasteiger charge is -2.12. The molecule has 1 aromatic carbocycles. The minimum absolute atomic E-state index is 0.404. The standard InChI is InChI=1S/C14H15ClN2O2/c1-17-7-6-12(16-17)9-11(14(18)19)8-10-4-2-3-5-13(10)15/h2-7,11H,8-9H2,1H3,(H,18,19). The Hall–Kier alpha value is -1.81. The zero-order valence-electron chi connectivity index (χ0n) is 10.6. The molecule has 0 saturated heterocycles. The van der Waals surface area contributed by atoms with Gasteiger partial charge < -0.3 is 5.11 Å². The minimum Gasteiger partial charge on any atom is -0.481 e. The van der Waals surface area contributed by atoms with E-state index in [0.29, 0.717) is 17.9 Å². The summed E-state index contributed by atoms with van der Waals surface area (Å²) >= 11 is 6.07. The van der Waals surface area contributed by atoms with Crippen LogP contribution >= 0.6 is 11.6 Å². The van der Waals surface area contributed by atoms with Gasteiger partial charge in [-0.05, 0) is 24.1 Å². The largest absolute Gasteiger partial charge is 0.481 e. The number of aryl methyl sites for hydroxylation is 1. The van der Waals surface area contributed by atoms with Crippen LogP contribution in [0.2, 0.25) is 5.02 Å². The highest BCUT2D eigenvalue weighted by Crippen LogP contribution is 2.21. The summed E-state index contributed by atoms with van der Waals surface area (Å²) < 4.78 is 1.67. The van der Waals surface area contributed by atoms with Crippen molar-refractivity contribution in [2.75, 3.05) is 0 Å². The van der Waals surface area contributed by atoms with Crippen molar-refractivity contribution < 1.29 is 9.90 Å². The lowest BCUT2D eigenvalue weighted by molar-refractivity contribution is -0.141. The van der Waals surface area contributed by atoms with Crippen molar-refractivity contribution in [3.63, 3.8) is 0 Å². The first-order chi connectivity index (χ1) is 9.06. The summed E-state index contributed by atoms with van der Waals surface area (Å²) in [5.74, 6) is -1.35. The van der Waals surface area contributed by atoms with Gasteiger partial charge in [0.2, 0.25) is 0 Å². The molecule has 1 unspecified atom stereocenters. The Morgan fingerprint density at radius 1 is 1.37 bits per heavy atom. The number of aromatic nitrogens is 2. The Morgan fingerprint density at radius 2 is 2.11 bits per heavy atom. The molecule has 0 fully saturated rings. The number of rotatable bonds is 5. The van der Waals surface area contributed by atoms with Crippen LogP contribution in [0.3, 0.4) is 0 Å². The molecule has 1 aromatic heterocycles. The fraction of sp³-hybridized carbons (Fsp3) is 0.286. The van der Waals surface area contributed by atoms with E-state index in [0.717, 1.165) is 11.3 Å². The Labute approximate surface area is 116 Å². The van der Waals surface area contributed by atoms with Crippen molar-refractivity contribution in [1.29, 1.82) is 0 Å². The van der Waals surface area contributed by atoms with Crippen molar-refractivity contribution >= 4 is 17.6 Å². The molecule has 0 radical (unpaired) electrons. The fourth-order valence-electron chi connectivity index (χ4n) is 2.00. The van der Waals surface area contributed by atoms with Gasteiger partial charge in [-0.1, -0.05) is 29.8 Å². The topological polar surface area (TPSA) is 55.1 Å². The molecule has 0 bridgehead atoms. The second-order valence-electron chi connectivity index (χ2n) is 4.52. The van der Waals surface area contributed by atoms with E-state index in [2.05, 4.69) is 5.10 Å². The van der Waals surface area contributed by atoms with Gasteiger partial charge in [0.05, 0.1) is 11.6 Å². The molecular weight excluding hydrogens is 264 g/mol. The molecule has 0 aliphatic heterocycles. The van der Waals surface area contributed by atoms with E-state index in [1.807, 2.05) is 37.5 Å². The van der Waals surface area contributed by atoms with Gasteiger partial charge in [-0.3, -0.25) is 9.48 Å². The van der Waals surface area contributed by atoms with Gasteiger partial charge in [0.1, 0.15) is 0 Å². The predicted octanol–water partition coefficient (Wildman–Crippen LogP) is 2.56. The van der Waals surface area contributed by atoms with Gasteiger partial charge in [0, 0.05) is 24.7 Å². The number of carboxylic acid groups (broad SMARTS) is 1. The van der Waals surface area contributed by atoms with Crippen LogP contribution in [0.1, 0.15) is 11.3 Å². The molecule has 2 aromatic rings. The third-order valence-corrected chi connectivity index (χ3v) is 3.37. The maximum absolute atomic E-state index is 11.3. The molecule has 1 heterocycles. The van der Waals surface area contributed by atoms with Gasteiger partial charge in [-0.25, -0.2) is 0 Å². The molecule has 0 aliphatic carbocycles. The number of nitrogens with zero attached hydrogens (tertiary/aromatic N) is 2.